The summed E-state index contributed by atoms with van der Waals surface area (Å²) < 4.78 is 50.4. The Morgan fingerprint density at radius 2 is 0.964 bits per heavy atom. The highest BCUT2D eigenvalue weighted by atomic mass is 16.3. The molecule has 0 unspecified atom stereocenters. The second-order valence-corrected chi connectivity index (χ2v) is 13.7. The third kappa shape index (κ3) is 5.45. The molecule has 0 bridgehead atoms. The van der Waals surface area contributed by atoms with E-state index in [1.54, 1.807) is 18.2 Å². The van der Waals surface area contributed by atoms with Crippen molar-refractivity contribution in [3.8, 4) is 62.1 Å². The number of furan rings is 1. The summed E-state index contributed by atoms with van der Waals surface area (Å²) >= 11 is 0. The summed E-state index contributed by atoms with van der Waals surface area (Å²) in [6.45, 7) is 0. The first-order valence-corrected chi connectivity index (χ1v) is 18.4. The molecule has 0 radical (unpaired) electrons. The minimum Gasteiger partial charge on any atom is -0.456 e. The minimum atomic E-state index is -0.437. The number of nitrogens with zero attached hydrogens (tertiary/aromatic N) is 4. The van der Waals surface area contributed by atoms with Gasteiger partial charge in [-0.1, -0.05) is 133 Å². The van der Waals surface area contributed by atoms with Crippen LogP contribution in [0.2, 0.25) is 0 Å². The molecule has 0 aliphatic rings. The third-order valence-electron chi connectivity index (χ3n) is 10.3. The Balaban J connectivity index is 1.00. The number of para-hydroxylation sites is 2. The van der Waals surface area contributed by atoms with Crippen molar-refractivity contribution in [1.29, 1.82) is 0 Å². The zero-order valence-corrected chi connectivity index (χ0v) is 29.8. The summed E-state index contributed by atoms with van der Waals surface area (Å²) in [5.74, 6) is 1.27. The van der Waals surface area contributed by atoms with Crippen LogP contribution in [0.5, 0.6) is 0 Å². The van der Waals surface area contributed by atoms with Crippen LogP contribution >= 0.6 is 0 Å². The zero-order chi connectivity index (χ0) is 41.4. The van der Waals surface area contributed by atoms with Gasteiger partial charge in [0.1, 0.15) is 11.2 Å². The van der Waals surface area contributed by atoms with Crippen molar-refractivity contribution in [2.45, 2.75) is 0 Å². The van der Waals surface area contributed by atoms with Gasteiger partial charge >= 0.3 is 0 Å². The second-order valence-electron chi connectivity index (χ2n) is 13.7. The highest BCUT2D eigenvalue weighted by Crippen LogP contribution is 2.38. The van der Waals surface area contributed by atoms with Crippen molar-refractivity contribution >= 4 is 43.7 Å². The predicted octanol–water partition coefficient (Wildman–Crippen LogP) is 13.2. The molecular formula is C51H32N4O. The summed E-state index contributed by atoms with van der Waals surface area (Å²) in [5.41, 5.74) is 9.79. The molecule has 0 aliphatic carbocycles. The molecule has 0 N–H and O–H groups in total. The molecule has 0 saturated heterocycles. The highest BCUT2D eigenvalue weighted by molar-refractivity contribution is 6.11. The minimum absolute atomic E-state index is 0.111. The van der Waals surface area contributed by atoms with Crippen molar-refractivity contribution in [3.63, 3.8) is 0 Å². The van der Waals surface area contributed by atoms with Crippen LogP contribution in [0.25, 0.3) is 106 Å². The smallest absolute Gasteiger partial charge is 0.164 e. The standard InChI is InChI=1S/C51H32N4O/c1-4-13-33(14-5-1)35-17-12-18-38(29-35)50-52-49(34-15-6-2-7-16-34)53-51(54-50)39-23-26-42-44-31-37(25-28-47(44)56-48(42)32-39)36-24-27-46-43(30-36)41-21-10-11-22-45(41)55(46)40-19-8-3-9-20-40/h1-32H/i1D,4D,5D,13D,14D. The monoisotopic (exact) mass is 721 g/mol. The van der Waals surface area contributed by atoms with E-state index in [-0.39, 0.29) is 17.6 Å². The van der Waals surface area contributed by atoms with Crippen LogP contribution in [0.3, 0.4) is 0 Å². The van der Waals surface area contributed by atoms with Crippen molar-refractivity contribution < 1.29 is 11.3 Å². The molecule has 3 heterocycles. The highest BCUT2D eigenvalue weighted by Gasteiger charge is 2.17. The van der Waals surface area contributed by atoms with Crippen LogP contribution in [0, 0.1) is 0 Å². The summed E-state index contributed by atoms with van der Waals surface area (Å²) in [6.07, 6.45) is 0. The van der Waals surface area contributed by atoms with Gasteiger partial charge in [-0.05, 0) is 82.9 Å². The maximum Gasteiger partial charge on any atom is 0.164 e. The summed E-state index contributed by atoms with van der Waals surface area (Å²) in [4.78, 5) is 14.7. The molecule has 0 amide bonds. The molecule has 5 heteroatoms. The molecule has 11 rings (SSSR count). The van der Waals surface area contributed by atoms with Gasteiger partial charge in [0.05, 0.1) is 17.9 Å². The molecular weight excluding hydrogens is 685 g/mol. The maximum absolute atomic E-state index is 8.56. The fourth-order valence-electron chi connectivity index (χ4n) is 7.66. The van der Waals surface area contributed by atoms with Gasteiger partial charge in [-0.25, -0.2) is 15.0 Å². The predicted molar refractivity (Wildman–Crippen MR) is 229 cm³/mol. The topological polar surface area (TPSA) is 56.7 Å². The van der Waals surface area contributed by atoms with Crippen molar-refractivity contribution in [1.82, 2.24) is 19.5 Å². The Bertz CT molecular complexity index is 3520. The van der Waals surface area contributed by atoms with Gasteiger partial charge in [0.25, 0.3) is 0 Å². The van der Waals surface area contributed by atoms with Crippen LogP contribution in [0.4, 0.5) is 0 Å². The quantitative estimate of drug-likeness (QED) is 0.172. The fourth-order valence-corrected chi connectivity index (χ4v) is 7.66. The van der Waals surface area contributed by atoms with E-state index < -0.39 is 18.1 Å². The number of fused-ring (bicyclic) bond motifs is 6. The van der Waals surface area contributed by atoms with Crippen molar-refractivity contribution in [2.24, 2.45) is 0 Å². The van der Waals surface area contributed by atoms with E-state index in [4.69, 9.17) is 26.2 Å². The van der Waals surface area contributed by atoms with Crippen molar-refractivity contribution in [3.05, 3.63) is 194 Å². The number of aromatic nitrogens is 4. The molecule has 56 heavy (non-hydrogen) atoms. The van der Waals surface area contributed by atoms with Gasteiger partial charge in [0.2, 0.25) is 0 Å². The largest absolute Gasteiger partial charge is 0.456 e. The molecule has 3 aromatic heterocycles. The molecule has 5 nitrogen and oxygen atoms in total. The first kappa shape index (κ1) is 27.0. The molecule has 0 aliphatic heterocycles. The van der Waals surface area contributed by atoms with E-state index in [1.807, 2.05) is 66.7 Å². The fraction of sp³-hybridized carbons (Fsp3) is 0. The molecule has 0 saturated carbocycles. The van der Waals surface area contributed by atoms with Gasteiger partial charge in [-0.3, -0.25) is 0 Å². The van der Waals surface area contributed by atoms with Crippen molar-refractivity contribution in [2.75, 3.05) is 0 Å². The Kier molecular flexibility index (Phi) is 6.29. The Morgan fingerprint density at radius 1 is 0.375 bits per heavy atom. The van der Waals surface area contributed by atoms with Gasteiger partial charge in [0, 0.05) is 43.9 Å². The number of hydrogen-bond donors (Lipinski definition) is 0. The van der Waals surface area contributed by atoms with Gasteiger partial charge in [0.15, 0.2) is 17.5 Å². The summed E-state index contributed by atoms with van der Waals surface area (Å²) in [7, 11) is 0. The number of benzene rings is 8. The summed E-state index contributed by atoms with van der Waals surface area (Å²) in [5, 5.41) is 4.35. The number of rotatable bonds is 6. The van der Waals surface area contributed by atoms with Gasteiger partial charge in [-0.15, -0.1) is 0 Å². The lowest BCUT2D eigenvalue weighted by molar-refractivity contribution is 0.669. The van der Waals surface area contributed by atoms with E-state index in [0.29, 0.717) is 34.2 Å². The van der Waals surface area contributed by atoms with Crippen LogP contribution in [0.1, 0.15) is 6.85 Å². The van der Waals surface area contributed by atoms with E-state index >= 15 is 0 Å². The Morgan fingerprint density at radius 3 is 1.77 bits per heavy atom. The van der Waals surface area contributed by atoms with Gasteiger partial charge in [-0.2, -0.15) is 0 Å². The number of hydrogen-bond acceptors (Lipinski definition) is 4. The first-order chi connectivity index (χ1) is 29.8. The Labute approximate surface area is 329 Å². The normalized spacial score (nSPS) is 12.8. The lowest BCUT2D eigenvalue weighted by Crippen LogP contribution is -2.00. The Hall–Kier alpha value is -7.63. The van der Waals surface area contributed by atoms with E-state index in [0.717, 1.165) is 55.3 Å². The molecule has 0 spiro atoms. The molecule has 8 aromatic carbocycles. The lowest BCUT2D eigenvalue weighted by Gasteiger charge is -2.09. The molecule has 11 aromatic rings. The van der Waals surface area contributed by atoms with Gasteiger partial charge < -0.3 is 8.98 Å². The van der Waals surface area contributed by atoms with Crippen LogP contribution in [0.15, 0.2) is 198 Å². The average molecular weight is 722 g/mol. The molecule has 262 valence electrons. The van der Waals surface area contributed by atoms with Crippen LogP contribution < -0.4 is 0 Å². The van der Waals surface area contributed by atoms with E-state index in [9.17, 15) is 0 Å². The van der Waals surface area contributed by atoms with E-state index in [2.05, 4.69) is 83.4 Å². The molecule has 0 atom stereocenters. The second kappa shape index (κ2) is 13.0. The zero-order valence-electron chi connectivity index (χ0n) is 34.8. The van der Waals surface area contributed by atoms with Crippen LogP contribution in [-0.2, 0) is 0 Å². The SMILES string of the molecule is [2H]c1c([2H])c([2H])c(-c2cccc(-c3nc(-c4ccccc4)nc(-c4ccc5c(c4)oc4ccc(-c6ccc7c(c6)c6ccccc6n7-c6ccccc6)cc45)n3)c2)c([2H])c1[2H]. The van der Waals surface area contributed by atoms with Crippen LogP contribution in [-0.4, -0.2) is 19.5 Å². The molecule has 0 fully saturated rings. The maximum atomic E-state index is 8.56. The third-order valence-corrected chi connectivity index (χ3v) is 10.3. The summed E-state index contributed by atoms with van der Waals surface area (Å²) in [6, 6.07) is 52.9. The first-order valence-electron chi connectivity index (χ1n) is 20.9. The lowest BCUT2D eigenvalue weighted by atomic mass is 10.0. The average Bonchev–Trinajstić information content (AvgIpc) is 3.85. The van der Waals surface area contributed by atoms with E-state index in [1.165, 1.54) is 10.8 Å².